The normalized spacial score (nSPS) is 11.0. The van der Waals surface area contributed by atoms with Crippen molar-refractivity contribution < 1.29 is 18.1 Å². The fourth-order valence-corrected chi connectivity index (χ4v) is 2.88. The Morgan fingerprint density at radius 3 is 2.52 bits per heavy atom. The Morgan fingerprint density at radius 1 is 1.43 bits per heavy atom. The first kappa shape index (κ1) is 19.6. The molecular weight excluding hydrogens is 322 g/mol. The van der Waals surface area contributed by atoms with Crippen molar-refractivity contribution in [1.82, 2.24) is 9.62 Å². The summed E-state index contributed by atoms with van der Waals surface area (Å²) in [6.45, 7) is 0.706. The van der Waals surface area contributed by atoms with Crippen LogP contribution in [-0.4, -0.2) is 51.9 Å². The Balaban J connectivity index is 0.00000400. The molecule has 1 aromatic carbocycles. The molecule has 8 nitrogen and oxygen atoms in total. The third-order valence-corrected chi connectivity index (χ3v) is 4.60. The van der Waals surface area contributed by atoms with Gasteiger partial charge in [0.2, 0.25) is 10.0 Å². The Labute approximate surface area is 129 Å². The van der Waals surface area contributed by atoms with Crippen molar-refractivity contribution in [1.29, 1.82) is 0 Å². The first-order valence-electron chi connectivity index (χ1n) is 5.78. The van der Waals surface area contributed by atoms with Crippen molar-refractivity contribution in [3.8, 4) is 5.75 Å². The van der Waals surface area contributed by atoms with E-state index < -0.39 is 14.9 Å². The number of non-ortho nitro benzene ring substituents is 1. The van der Waals surface area contributed by atoms with Crippen molar-refractivity contribution in [3.63, 3.8) is 0 Å². The standard InChI is InChI=1S/C11H17N3O5S.ClH/c1-12-6-7-13(2)20(17,18)11-8-9(14(15)16)4-5-10(11)19-3;/h4-5,8,12H,6-7H2,1-3H3;1H. The molecule has 0 bridgehead atoms. The number of hydrogen-bond donors (Lipinski definition) is 1. The number of likely N-dealkylation sites (N-methyl/N-ethyl adjacent to an activating group) is 2. The Morgan fingerprint density at radius 2 is 2.05 bits per heavy atom. The van der Waals surface area contributed by atoms with Crippen LogP contribution >= 0.6 is 12.4 Å². The van der Waals surface area contributed by atoms with E-state index in [1.165, 1.54) is 26.3 Å². The predicted octanol–water partition coefficient (Wildman–Crippen LogP) is 0.865. The number of rotatable bonds is 7. The molecule has 10 heteroatoms. The van der Waals surface area contributed by atoms with Crippen LogP contribution in [0.3, 0.4) is 0 Å². The summed E-state index contributed by atoms with van der Waals surface area (Å²) in [6, 6.07) is 3.48. The molecule has 21 heavy (non-hydrogen) atoms. The number of sulfonamides is 1. The molecular formula is C11H18ClN3O5S. The summed E-state index contributed by atoms with van der Waals surface area (Å²) < 4.78 is 30.9. The van der Waals surface area contributed by atoms with E-state index in [2.05, 4.69) is 5.32 Å². The number of hydrogen-bond acceptors (Lipinski definition) is 6. The second-order valence-corrected chi connectivity index (χ2v) is 6.04. The molecule has 0 aliphatic carbocycles. The minimum atomic E-state index is -3.85. The van der Waals surface area contributed by atoms with E-state index in [1.807, 2.05) is 0 Å². The highest BCUT2D eigenvalue weighted by atomic mass is 35.5. The van der Waals surface area contributed by atoms with Crippen LogP contribution in [0.2, 0.25) is 0 Å². The summed E-state index contributed by atoms with van der Waals surface area (Å²) in [5.74, 6) is 0.0758. The van der Waals surface area contributed by atoms with Crippen LogP contribution in [0.5, 0.6) is 5.75 Å². The summed E-state index contributed by atoms with van der Waals surface area (Å²) in [5.41, 5.74) is -0.300. The van der Waals surface area contributed by atoms with E-state index in [0.29, 0.717) is 6.54 Å². The fourth-order valence-electron chi connectivity index (χ4n) is 1.54. The van der Waals surface area contributed by atoms with Gasteiger partial charge in [-0.25, -0.2) is 8.42 Å². The summed E-state index contributed by atoms with van der Waals surface area (Å²) in [6.07, 6.45) is 0. The Hall–Kier alpha value is -1.42. The minimum absolute atomic E-state index is 0. The maximum atomic E-state index is 12.4. The van der Waals surface area contributed by atoms with Crippen LogP contribution < -0.4 is 10.1 Å². The van der Waals surface area contributed by atoms with Gasteiger partial charge in [0, 0.05) is 32.3 Å². The van der Waals surface area contributed by atoms with Gasteiger partial charge < -0.3 is 10.1 Å². The third kappa shape index (κ3) is 4.53. The molecule has 0 aliphatic heterocycles. The average Bonchev–Trinajstić information content (AvgIpc) is 2.43. The first-order valence-corrected chi connectivity index (χ1v) is 7.22. The second kappa shape index (κ2) is 8.13. The van der Waals surface area contributed by atoms with Crippen LogP contribution in [0.25, 0.3) is 0 Å². The maximum Gasteiger partial charge on any atom is 0.271 e. The van der Waals surface area contributed by atoms with Crippen LogP contribution in [0.1, 0.15) is 0 Å². The molecule has 1 N–H and O–H groups in total. The highest BCUT2D eigenvalue weighted by Crippen LogP contribution is 2.29. The van der Waals surface area contributed by atoms with Crippen molar-refractivity contribution in [2.45, 2.75) is 4.90 Å². The van der Waals surface area contributed by atoms with E-state index in [1.54, 1.807) is 7.05 Å². The van der Waals surface area contributed by atoms with Crippen molar-refractivity contribution in [2.75, 3.05) is 34.3 Å². The van der Waals surface area contributed by atoms with Crippen molar-refractivity contribution in [3.05, 3.63) is 28.3 Å². The van der Waals surface area contributed by atoms with Crippen molar-refractivity contribution >= 4 is 28.1 Å². The van der Waals surface area contributed by atoms with Gasteiger partial charge in [0.1, 0.15) is 10.6 Å². The first-order chi connectivity index (χ1) is 9.34. The molecule has 0 radical (unpaired) electrons. The van der Waals surface area contributed by atoms with Crippen LogP contribution in [0, 0.1) is 10.1 Å². The van der Waals surface area contributed by atoms with Gasteiger partial charge in [-0.05, 0) is 13.1 Å². The van der Waals surface area contributed by atoms with Crippen LogP contribution in [-0.2, 0) is 10.0 Å². The number of halogens is 1. The van der Waals surface area contributed by atoms with E-state index in [-0.39, 0.29) is 35.3 Å². The lowest BCUT2D eigenvalue weighted by Gasteiger charge is -2.18. The Kier molecular flexibility index (Phi) is 7.58. The maximum absolute atomic E-state index is 12.4. The number of methoxy groups -OCH3 is 1. The Bertz CT molecular complexity index is 594. The largest absolute Gasteiger partial charge is 0.495 e. The number of nitro groups is 1. The number of nitrogens with one attached hydrogen (secondary N) is 1. The zero-order valence-electron chi connectivity index (χ0n) is 11.9. The van der Waals surface area contributed by atoms with Gasteiger partial charge in [-0.1, -0.05) is 0 Å². The van der Waals surface area contributed by atoms with Crippen LogP contribution in [0.15, 0.2) is 23.1 Å². The number of nitrogens with zero attached hydrogens (tertiary/aromatic N) is 2. The summed E-state index contributed by atoms with van der Waals surface area (Å²) in [4.78, 5) is 9.91. The lowest BCUT2D eigenvalue weighted by Crippen LogP contribution is -2.33. The fraction of sp³-hybridized carbons (Fsp3) is 0.455. The lowest BCUT2D eigenvalue weighted by molar-refractivity contribution is -0.385. The van der Waals surface area contributed by atoms with E-state index in [9.17, 15) is 18.5 Å². The average molecular weight is 340 g/mol. The van der Waals surface area contributed by atoms with Crippen molar-refractivity contribution in [2.24, 2.45) is 0 Å². The zero-order valence-corrected chi connectivity index (χ0v) is 13.5. The molecule has 0 heterocycles. The minimum Gasteiger partial charge on any atom is -0.495 e. The van der Waals surface area contributed by atoms with E-state index >= 15 is 0 Å². The molecule has 120 valence electrons. The molecule has 0 aromatic heterocycles. The molecule has 0 aliphatic rings. The number of ether oxygens (including phenoxy) is 1. The summed E-state index contributed by atoms with van der Waals surface area (Å²) in [7, 11) is 0.578. The summed E-state index contributed by atoms with van der Waals surface area (Å²) in [5, 5.41) is 13.6. The molecule has 0 unspecified atom stereocenters. The van der Waals surface area contributed by atoms with Gasteiger partial charge in [-0.3, -0.25) is 10.1 Å². The topological polar surface area (TPSA) is 102 Å². The molecule has 1 rings (SSSR count). The van der Waals surface area contributed by atoms with Gasteiger partial charge in [0.05, 0.1) is 12.0 Å². The molecule has 0 saturated heterocycles. The highest BCUT2D eigenvalue weighted by Gasteiger charge is 2.26. The number of nitro benzene ring substituents is 1. The molecule has 0 spiro atoms. The van der Waals surface area contributed by atoms with E-state index in [4.69, 9.17) is 4.74 Å². The molecule has 0 saturated carbocycles. The van der Waals surface area contributed by atoms with Gasteiger partial charge in [-0.2, -0.15) is 4.31 Å². The summed E-state index contributed by atoms with van der Waals surface area (Å²) >= 11 is 0. The van der Waals surface area contributed by atoms with Gasteiger partial charge in [0.25, 0.3) is 5.69 Å². The highest BCUT2D eigenvalue weighted by molar-refractivity contribution is 7.89. The zero-order chi connectivity index (χ0) is 15.3. The van der Waals surface area contributed by atoms with Crippen LogP contribution in [0.4, 0.5) is 5.69 Å². The van der Waals surface area contributed by atoms with E-state index in [0.717, 1.165) is 10.4 Å². The van der Waals surface area contributed by atoms with Gasteiger partial charge in [-0.15, -0.1) is 12.4 Å². The quantitative estimate of drug-likeness (QED) is 0.584. The predicted molar refractivity (Wildman–Crippen MR) is 80.6 cm³/mol. The third-order valence-electron chi connectivity index (χ3n) is 2.72. The molecule has 0 atom stereocenters. The SMILES string of the molecule is CNCCN(C)S(=O)(=O)c1cc([N+](=O)[O-])ccc1OC.Cl. The monoisotopic (exact) mass is 339 g/mol. The lowest BCUT2D eigenvalue weighted by atomic mass is 10.3. The van der Waals surface area contributed by atoms with Gasteiger partial charge in [0.15, 0.2) is 0 Å². The molecule has 0 amide bonds. The van der Waals surface area contributed by atoms with Gasteiger partial charge >= 0.3 is 0 Å². The second-order valence-electron chi connectivity index (χ2n) is 4.02. The molecule has 0 fully saturated rings. The molecule has 1 aromatic rings. The number of benzene rings is 1. The smallest absolute Gasteiger partial charge is 0.271 e.